The lowest BCUT2D eigenvalue weighted by molar-refractivity contribution is 0.415. The molecule has 5 heteroatoms. The summed E-state index contributed by atoms with van der Waals surface area (Å²) in [5, 5.41) is 8.64. The molecule has 0 saturated heterocycles. The second-order valence-corrected chi connectivity index (χ2v) is 5.84. The van der Waals surface area contributed by atoms with Gasteiger partial charge in [-0.1, -0.05) is 24.4 Å². The van der Waals surface area contributed by atoms with E-state index in [-0.39, 0.29) is 0 Å². The number of aromatic nitrogens is 2. The molecule has 0 atom stereocenters. The molecule has 0 aliphatic heterocycles. The van der Waals surface area contributed by atoms with Crippen LogP contribution >= 0.6 is 11.6 Å². The molecule has 112 valence electrons. The number of halogens is 1. The Morgan fingerprint density at radius 2 is 2.14 bits per heavy atom. The highest BCUT2D eigenvalue weighted by atomic mass is 35.5. The highest BCUT2D eigenvalue weighted by Crippen LogP contribution is 2.29. The lowest BCUT2D eigenvalue weighted by Gasteiger charge is -2.10. The van der Waals surface area contributed by atoms with Crippen molar-refractivity contribution < 1.29 is 4.74 Å². The zero-order valence-corrected chi connectivity index (χ0v) is 12.9. The van der Waals surface area contributed by atoms with Gasteiger partial charge in [0.25, 0.3) is 0 Å². The molecule has 1 fully saturated rings. The van der Waals surface area contributed by atoms with Gasteiger partial charge in [0.2, 0.25) is 0 Å². The normalized spacial score (nSPS) is 15.3. The van der Waals surface area contributed by atoms with Crippen molar-refractivity contribution in [1.82, 2.24) is 9.78 Å². The van der Waals surface area contributed by atoms with E-state index in [9.17, 15) is 0 Å². The molecule has 4 nitrogen and oxygen atoms in total. The van der Waals surface area contributed by atoms with E-state index < -0.39 is 0 Å². The van der Waals surface area contributed by atoms with Crippen molar-refractivity contribution in [2.45, 2.75) is 38.3 Å². The fraction of sp³-hybridized carbons (Fsp3) is 0.438. The maximum atomic E-state index is 6.02. The maximum absolute atomic E-state index is 6.02. The van der Waals surface area contributed by atoms with Crippen molar-refractivity contribution in [2.75, 3.05) is 12.4 Å². The number of ether oxygens (including phenoxy) is 1. The van der Waals surface area contributed by atoms with Crippen molar-refractivity contribution in [3.05, 3.63) is 41.2 Å². The summed E-state index contributed by atoms with van der Waals surface area (Å²) >= 11 is 6.02. The van der Waals surface area contributed by atoms with E-state index in [1.54, 1.807) is 7.11 Å². The predicted molar refractivity (Wildman–Crippen MR) is 85.1 cm³/mol. The molecule has 0 amide bonds. The van der Waals surface area contributed by atoms with Gasteiger partial charge in [-0.15, -0.1) is 0 Å². The first-order valence-corrected chi connectivity index (χ1v) is 7.75. The Hall–Kier alpha value is -1.68. The van der Waals surface area contributed by atoms with Crippen LogP contribution in [0.2, 0.25) is 5.02 Å². The molecule has 0 bridgehead atoms. The Bertz CT molecular complexity index is 605. The summed E-state index contributed by atoms with van der Waals surface area (Å²) in [6.07, 6.45) is 7.24. The first-order valence-electron chi connectivity index (χ1n) is 7.38. The van der Waals surface area contributed by atoms with Crippen molar-refractivity contribution in [2.24, 2.45) is 0 Å². The molecule has 3 rings (SSSR count). The average molecular weight is 306 g/mol. The summed E-state index contributed by atoms with van der Waals surface area (Å²) in [5.41, 5.74) is 2.03. The molecule has 2 aromatic rings. The van der Waals surface area contributed by atoms with Gasteiger partial charge in [0.15, 0.2) is 0 Å². The zero-order valence-electron chi connectivity index (χ0n) is 12.2. The molecule has 1 aromatic heterocycles. The van der Waals surface area contributed by atoms with Gasteiger partial charge in [-0.05, 0) is 31.0 Å². The molecule has 0 spiro atoms. The minimum absolute atomic E-state index is 0.592. The topological polar surface area (TPSA) is 39.1 Å². The van der Waals surface area contributed by atoms with E-state index in [1.807, 2.05) is 18.2 Å². The fourth-order valence-corrected chi connectivity index (χ4v) is 3.00. The Labute approximate surface area is 130 Å². The minimum atomic E-state index is 0.592. The third-order valence-electron chi connectivity index (χ3n) is 3.99. The largest absolute Gasteiger partial charge is 0.495 e. The molecule has 1 saturated carbocycles. The van der Waals surface area contributed by atoms with Gasteiger partial charge in [-0.2, -0.15) is 5.10 Å². The van der Waals surface area contributed by atoms with Gasteiger partial charge in [-0.3, -0.25) is 4.68 Å². The first-order chi connectivity index (χ1) is 10.3. The quantitative estimate of drug-likeness (QED) is 0.896. The highest BCUT2D eigenvalue weighted by Gasteiger charge is 2.17. The molecular formula is C16H20ClN3O. The highest BCUT2D eigenvalue weighted by molar-refractivity contribution is 6.32. The van der Waals surface area contributed by atoms with Crippen LogP contribution in [0.15, 0.2) is 30.5 Å². The summed E-state index contributed by atoms with van der Waals surface area (Å²) in [4.78, 5) is 0. The SMILES string of the molecule is COc1cc(NCc2ccn(C3CCCC3)n2)ccc1Cl. The van der Waals surface area contributed by atoms with Crippen LogP contribution in [0.3, 0.4) is 0 Å². The van der Waals surface area contributed by atoms with Crippen LogP contribution in [0.1, 0.15) is 37.4 Å². The summed E-state index contributed by atoms with van der Waals surface area (Å²) < 4.78 is 7.34. The van der Waals surface area contributed by atoms with Crippen LogP contribution in [0.25, 0.3) is 0 Å². The molecule has 0 unspecified atom stereocenters. The average Bonchev–Trinajstić information content (AvgIpc) is 3.17. The third kappa shape index (κ3) is 3.32. The molecule has 1 aliphatic carbocycles. The molecule has 21 heavy (non-hydrogen) atoms. The molecule has 1 aromatic carbocycles. The van der Waals surface area contributed by atoms with E-state index in [4.69, 9.17) is 16.3 Å². The van der Waals surface area contributed by atoms with Crippen LogP contribution in [-0.2, 0) is 6.54 Å². The third-order valence-corrected chi connectivity index (χ3v) is 4.30. The van der Waals surface area contributed by atoms with Gasteiger partial charge in [-0.25, -0.2) is 0 Å². The molecule has 1 N–H and O–H groups in total. The Kier molecular flexibility index (Phi) is 4.34. The van der Waals surface area contributed by atoms with Gasteiger partial charge < -0.3 is 10.1 Å². The Morgan fingerprint density at radius 1 is 1.33 bits per heavy atom. The number of nitrogens with one attached hydrogen (secondary N) is 1. The number of methoxy groups -OCH3 is 1. The van der Waals surface area contributed by atoms with Gasteiger partial charge >= 0.3 is 0 Å². The van der Waals surface area contributed by atoms with Crippen LogP contribution in [0.5, 0.6) is 5.75 Å². The monoisotopic (exact) mass is 305 g/mol. The van der Waals surface area contributed by atoms with Crippen LogP contribution in [0, 0.1) is 0 Å². The van der Waals surface area contributed by atoms with Gasteiger partial charge in [0.1, 0.15) is 5.75 Å². The van der Waals surface area contributed by atoms with E-state index in [0.717, 1.165) is 11.4 Å². The Morgan fingerprint density at radius 3 is 2.90 bits per heavy atom. The van der Waals surface area contributed by atoms with Crippen LogP contribution in [0.4, 0.5) is 5.69 Å². The first kappa shape index (κ1) is 14.3. The van der Waals surface area contributed by atoms with Crippen molar-refractivity contribution in [1.29, 1.82) is 0 Å². The number of hydrogen-bond acceptors (Lipinski definition) is 3. The standard InChI is InChI=1S/C16H20ClN3O/c1-21-16-10-12(6-7-15(16)17)18-11-13-8-9-20(19-13)14-4-2-3-5-14/h6-10,14,18H,2-5,11H2,1H3. The second-order valence-electron chi connectivity index (χ2n) is 5.43. The van der Waals surface area contributed by atoms with E-state index in [1.165, 1.54) is 25.7 Å². The second kappa shape index (κ2) is 6.39. The number of benzene rings is 1. The van der Waals surface area contributed by atoms with Gasteiger partial charge in [0.05, 0.1) is 30.4 Å². The molecule has 1 aliphatic rings. The smallest absolute Gasteiger partial charge is 0.139 e. The summed E-state index contributed by atoms with van der Waals surface area (Å²) in [5.74, 6) is 0.679. The fourth-order valence-electron chi connectivity index (χ4n) is 2.81. The summed E-state index contributed by atoms with van der Waals surface area (Å²) in [6.45, 7) is 0.699. The Balaban J connectivity index is 1.62. The number of anilines is 1. The van der Waals surface area contributed by atoms with Crippen molar-refractivity contribution in [3.8, 4) is 5.75 Å². The lowest BCUT2D eigenvalue weighted by Crippen LogP contribution is -2.07. The zero-order chi connectivity index (χ0) is 14.7. The molecular weight excluding hydrogens is 286 g/mol. The van der Waals surface area contributed by atoms with E-state index in [0.29, 0.717) is 23.4 Å². The lowest BCUT2D eigenvalue weighted by atomic mass is 10.3. The van der Waals surface area contributed by atoms with Crippen LogP contribution in [-0.4, -0.2) is 16.9 Å². The van der Waals surface area contributed by atoms with Crippen molar-refractivity contribution in [3.63, 3.8) is 0 Å². The number of rotatable bonds is 5. The van der Waals surface area contributed by atoms with Crippen LogP contribution < -0.4 is 10.1 Å². The number of nitrogens with zero attached hydrogens (tertiary/aromatic N) is 2. The van der Waals surface area contributed by atoms with Gasteiger partial charge in [0, 0.05) is 18.0 Å². The molecule has 0 radical (unpaired) electrons. The summed E-state index contributed by atoms with van der Waals surface area (Å²) in [7, 11) is 1.62. The summed E-state index contributed by atoms with van der Waals surface area (Å²) in [6, 6.07) is 8.35. The van der Waals surface area contributed by atoms with Crippen molar-refractivity contribution >= 4 is 17.3 Å². The van der Waals surface area contributed by atoms with E-state index >= 15 is 0 Å². The predicted octanol–water partition coefficient (Wildman–Crippen LogP) is 4.27. The van der Waals surface area contributed by atoms with E-state index in [2.05, 4.69) is 27.4 Å². The minimum Gasteiger partial charge on any atom is -0.495 e. The maximum Gasteiger partial charge on any atom is 0.139 e. The number of hydrogen-bond donors (Lipinski definition) is 1. The molecule has 1 heterocycles.